The van der Waals surface area contributed by atoms with E-state index in [1.54, 1.807) is 24.3 Å². The Hall–Kier alpha value is -7.66. The third-order valence-electron chi connectivity index (χ3n) is 20.8. The standard InChI is InChI=1S/C91H112F2N2O6/c1-56-43-63(92)52-71(69-45-61(90(18,19)54-85(3,4)5)50-77(83(69)100-79-31-24-26-39-96-79)94-73-30-23-22-29-65(73)66-36-33-58(47-74(66)94)87(9,10)11)81(56)98-41-28-42-99-82-57(2)44-64(93)53-72(82)70-46-62(91(20,21)55-86(6,7)8)51-78(84(70)101-80-32-25-27-40-97-80)95-75-48-59(88(12,13)14)34-37-67(75)68-38-35-60(49-76(68)95)89(15,16)17/h22-23,29-30,33-38,43-53,79-80H,24-28,31-32,39-42,54-55H2,1-21H3. The van der Waals surface area contributed by atoms with Gasteiger partial charge >= 0.3 is 0 Å². The molecular formula is C91H112F2N2O6. The molecule has 2 aromatic heterocycles. The van der Waals surface area contributed by atoms with E-state index >= 15 is 8.78 Å². The number of halogens is 2. The molecule has 0 spiro atoms. The maximum atomic E-state index is 16.9. The van der Waals surface area contributed by atoms with Gasteiger partial charge in [0.25, 0.3) is 0 Å². The Morgan fingerprint density at radius 1 is 0.386 bits per heavy atom. The van der Waals surface area contributed by atoms with Crippen LogP contribution in [0.25, 0.3) is 77.2 Å². The summed E-state index contributed by atoms with van der Waals surface area (Å²) < 4.78 is 80.4. The monoisotopic (exact) mass is 1370 g/mol. The van der Waals surface area contributed by atoms with Gasteiger partial charge in [-0.3, -0.25) is 0 Å². The number of aryl methyl sites for hydroxylation is 2. The van der Waals surface area contributed by atoms with E-state index in [1.807, 2.05) is 13.8 Å². The fourth-order valence-electron chi connectivity index (χ4n) is 16.3. The van der Waals surface area contributed by atoms with Crippen LogP contribution in [-0.2, 0) is 36.5 Å². The molecule has 4 heterocycles. The number of fused-ring (bicyclic) bond motifs is 6. The summed E-state index contributed by atoms with van der Waals surface area (Å²) in [6.07, 6.45) is 6.31. The van der Waals surface area contributed by atoms with Crippen molar-refractivity contribution in [2.45, 2.75) is 243 Å². The van der Waals surface area contributed by atoms with Crippen molar-refractivity contribution >= 4 is 43.6 Å². The Balaban J connectivity index is 0.993. The van der Waals surface area contributed by atoms with Crippen molar-refractivity contribution in [1.29, 1.82) is 0 Å². The zero-order valence-corrected chi connectivity index (χ0v) is 64.6. The van der Waals surface area contributed by atoms with Gasteiger partial charge in [-0.05, 0) is 202 Å². The molecule has 0 N–H and O–H groups in total. The molecule has 536 valence electrons. The highest BCUT2D eigenvalue weighted by molar-refractivity contribution is 6.11. The van der Waals surface area contributed by atoms with Crippen LogP contribution in [0.2, 0.25) is 0 Å². The Morgan fingerprint density at radius 3 is 1.10 bits per heavy atom. The molecule has 0 bridgehead atoms. The maximum absolute atomic E-state index is 16.9. The predicted molar refractivity (Wildman–Crippen MR) is 416 cm³/mol. The minimum absolute atomic E-state index is 0.0285. The second-order valence-electron chi connectivity index (χ2n) is 36.2. The van der Waals surface area contributed by atoms with Gasteiger partial charge in [-0.15, -0.1) is 0 Å². The molecule has 12 rings (SSSR count). The van der Waals surface area contributed by atoms with Crippen LogP contribution in [0.3, 0.4) is 0 Å². The normalized spacial score (nSPS) is 16.3. The van der Waals surface area contributed by atoms with Crippen molar-refractivity contribution in [3.63, 3.8) is 0 Å². The second-order valence-corrected chi connectivity index (χ2v) is 36.2. The fourth-order valence-corrected chi connectivity index (χ4v) is 16.3. The van der Waals surface area contributed by atoms with Gasteiger partial charge in [0.1, 0.15) is 23.1 Å². The van der Waals surface area contributed by atoms with Crippen molar-refractivity contribution in [2.75, 3.05) is 26.4 Å². The van der Waals surface area contributed by atoms with Crippen molar-refractivity contribution in [3.05, 3.63) is 178 Å². The highest BCUT2D eigenvalue weighted by Crippen LogP contribution is 2.53. The number of ether oxygens (including phenoxy) is 6. The summed E-state index contributed by atoms with van der Waals surface area (Å²) in [5.74, 6) is 1.55. The van der Waals surface area contributed by atoms with Gasteiger partial charge in [-0.1, -0.05) is 186 Å². The molecule has 2 unspecified atom stereocenters. The topological polar surface area (TPSA) is 65.2 Å². The van der Waals surface area contributed by atoms with Gasteiger partial charge in [0, 0.05) is 63.1 Å². The molecule has 0 radical (unpaired) electrons. The van der Waals surface area contributed by atoms with Crippen LogP contribution >= 0.6 is 0 Å². The van der Waals surface area contributed by atoms with Gasteiger partial charge in [0.15, 0.2) is 24.1 Å². The average molecular weight is 1370 g/mol. The lowest BCUT2D eigenvalue weighted by Crippen LogP contribution is -2.27. The van der Waals surface area contributed by atoms with E-state index in [4.69, 9.17) is 28.4 Å². The van der Waals surface area contributed by atoms with Crippen LogP contribution in [0.15, 0.2) is 127 Å². The van der Waals surface area contributed by atoms with E-state index in [2.05, 4.69) is 244 Å². The number of hydrogen-bond donors (Lipinski definition) is 0. The number of rotatable bonds is 18. The zero-order chi connectivity index (χ0) is 72.7. The zero-order valence-electron chi connectivity index (χ0n) is 64.6. The lowest BCUT2D eigenvalue weighted by atomic mass is 9.71. The summed E-state index contributed by atoms with van der Waals surface area (Å²) in [4.78, 5) is 0. The van der Waals surface area contributed by atoms with Crippen LogP contribution in [0.5, 0.6) is 23.0 Å². The van der Waals surface area contributed by atoms with E-state index in [0.717, 1.165) is 116 Å². The lowest BCUT2D eigenvalue weighted by molar-refractivity contribution is -0.105. The largest absolute Gasteiger partial charge is 0.493 e. The van der Waals surface area contributed by atoms with Crippen LogP contribution in [0.1, 0.15) is 228 Å². The molecule has 0 aliphatic carbocycles. The van der Waals surface area contributed by atoms with Gasteiger partial charge < -0.3 is 37.6 Å². The SMILES string of the molecule is Cc1cc(F)cc(-c2cc(C(C)(C)CC(C)(C)C)cc(-n3c4ccccc4c4ccc(C(C)(C)C)cc43)c2OC2CCCCO2)c1OCCCOc1c(C)cc(F)cc1-c1cc(C(C)(C)CC(C)(C)C)cc(-n2c3cc(C(C)(C)C)ccc3c3ccc(C(C)(C)C)cc32)c1OC1CCCCO1. The van der Waals surface area contributed by atoms with Crippen LogP contribution < -0.4 is 18.9 Å². The van der Waals surface area contributed by atoms with Crippen molar-refractivity contribution in [2.24, 2.45) is 10.8 Å². The summed E-state index contributed by atoms with van der Waals surface area (Å²) >= 11 is 0. The highest BCUT2D eigenvalue weighted by atomic mass is 19.1. The number of para-hydroxylation sites is 1. The van der Waals surface area contributed by atoms with Crippen molar-refractivity contribution in [3.8, 4) is 56.6 Å². The molecule has 2 atom stereocenters. The number of hydrogen-bond acceptors (Lipinski definition) is 6. The summed E-state index contributed by atoms with van der Waals surface area (Å²) in [6, 6.07) is 44.7. The summed E-state index contributed by atoms with van der Waals surface area (Å²) in [6.45, 7) is 48.9. The number of nitrogens with zero attached hydrogens (tertiary/aromatic N) is 2. The van der Waals surface area contributed by atoms with Crippen LogP contribution in [0, 0.1) is 36.3 Å². The molecule has 0 amide bonds. The smallest absolute Gasteiger partial charge is 0.199 e. The first-order valence-electron chi connectivity index (χ1n) is 37.3. The minimum Gasteiger partial charge on any atom is -0.493 e. The fraction of sp³-hybridized carbons (Fsp3) is 0.473. The minimum atomic E-state index is -0.545. The Morgan fingerprint density at radius 2 is 0.743 bits per heavy atom. The van der Waals surface area contributed by atoms with Gasteiger partial charge in [-0.25, -0.2) is 8.78 Å². The summed E-state index contributed by atoms with van der Waals surface area (Å²) in [5, 5.41) is 4.54. The van der Waals surface area contributed by atoms with Gasteiger partial charge in [-0.2, -0.15) is 0 Å². The van der Waals surface area contributed by atoms with E-state index in [9.17, 15) is 0 Å². The molecule has 2 aliphatic rings. The molecule has 2 fully saturated rings. The van der Waals surface area contributed by atoms with Gasteiger partial charge in [0.2, 0.25) is 0 Å². The molecule has 8 nitrogen and oxygen atoms in total. The van der Waals surface area contributed by atoms with Crippen LogP contribution in [-0.4, -0.2) is 48.1 Å². The number of benzene rings is 8. The summed E-state index contributed by atoms with van der Waals surface area (Å²) in [7, 11) is 0. The van der Waals surface area contributed by atoms with E-state index in [1.165, 1.54) is 16.7 Å². The Labute approximate surface area is 601 Å². The van der Waals surface area contributed by atoms with Crippen molar-refractivity contribution in [1.82, 2.24) is 9.13 Å². The first-order chi connectivity index (χ1) is 47.3. The molecule has 10 aromatic rings. The van der Waals surface area contributed by atoms with E-state index < -0.39 is 12.6 Å². The molecule has 0 saturated carbocycles. The molecule has 2 aliphatic heterocycles. The Bertz CT molecular complexity index is 4650. The summed E-state index contributed by atoms with van der Waals surface area (Å²) in [5.41, 5.74) is 14.5. The maximum Gasteiger partial charge on any atom is 0.199 e. The number of aromatic nitrogens is 2. The second kappa shape index (κ2) is 27.5. The van der Waals surface area contributed by atoms with Crippen molar-refractivity contribution < 1.29 is 37.2 Å². The highest BCUT2D eigenvalue weighted by Gasteiger charge is 2.36. The molecule has 2 saturated heterocycles. The lowest BCUT2D eigenvalue weighted by Gasteiger charge is -2.35. The third kappa shape index (κ3) is 15.5. The van der Waals surface area contributed by atoms with E-state index in [-0.39, 0.29) is 62.8 Å². The quantitative estimate of drug-likeness (QED) is 0.0798. The van der Waals surface area contributed by atoms with Crippen LogP contribution in [0.4, 0.5) is 8.78 Å². The molecule has 8 aromatic carbocycles. The molecule has 10 heteroatoms. The molecular weight excluding hydrogens is 1260 g/mol. The first-order valence-corrected chi connectivity index (χ1v) is 37.3. The first kappa shape index (κ1) is 73.1. The van der Waals surface area contributed by atoms with E-state index in [0.29, 0.717) is 77.7 Å². The predicted octanol–water partition coefficient (Wildman–Crippen LogP) is 25.1. The molecule has 101 heavy (non-hydrogen) atoms. The third-order valence-corrected chi connectivity index (χ3v) is 20.8. The van der Waals surface area contributed by atoms with Gasteiger partial charge in [0.05, 0.1) is 59.9 Å². The average Bonchev–Trinajstić information content (AvgIpc) is 1.61. The Kier molecular flexibility index (Phi) is 19.9.